The van der Waals surface area contributed by atoms with Crippen molar-refractivity contribution in [2.45, 2.75) is 171 Å². The third kappa shape index (κ3) is 29.8. The van der Waals surface area contributed by atoms with Crippen molar-refractivity contribution < 1.29 is 86.9 Å². The summed E-state index contributed by atoms with van der Waals surface area (Å²) < 4.78 is 0. The molecule has 0 aliphatic carbocycles. The molecule has 5 aromatic rings. The Morgan fingerprint density at radius 1 is 0.427 bits per heavy atom. The maximum Gasteiger partial charge on any atom is 0.245 e. The van der Waals surface area contributed by atoms with Gasteiger partial charge < -0.3 is 118 Å². The molecule has 0 aliphatic rings. The number of phenols is 1. The van der Waals surface area contributed by atoms with Crippen molar-refractivity contribution >= 4 is 135 Å². The van der Waals surface area contributed by atoms with E-state index in [1.165, 1.54) is 31.2 Å². The molecule has 2 aromatic heterocycles. The predicted molar refractivity (Wildman–Crippen MR) is 401 cm³/mol. The maximum atomic E-state index is 15.2. The third-order valence-corrected chi connectivity index (χ3v) is 17.4. The van der Waals surface area contributed by atoms with Gasteiger partial charge in [0.1, 0.15) is 66.2 Å². The van der Waals surface area contributed by atoms with Crippen LogP contribution in [0.5, 0.6) is 5.75 Å². The van der Waals surface area contributed by atoms with Gasteiger partial charge in [-0.3, -0.25) is 82.1 Å². The Hall–Kier alpha value is -12.4. The summed E-state index contributed by atoms with van der Waals surface area (Å²) in [5.41, 5.74) is 29.5. The molecule has 596 valence electrons. The second kappa shape index (κ2) is 44.1. The van der Waals surface area contributed by atoms with Crippen LogP contribution in [-0.4, -0.2) is 213 Å². The molecule has 0 radical (unpaired) electrons. The quantitative estimate of drug-likeness (QED) is 0.00746. The number of primary amides is 4. The van der Waals surface area contributed by atoms with Crippen LogP contribution in [0, 0.1) is 5.41 Å². The van der Waals surface area contributed by atoms with Crippen LogP contribution in [0.1, 0.15) is 102 Å². The Morgan fingerprint density at radius 2 is 0.836 bits per heavy atom. The van der Waals surface area contributed by atoms with Crippen LogP contribution >= 0.6 is 12.6 Å². The molecule has 16 amide bonds. The summed E-state index contributed by atoms with van der Waals surface area (Å²) in [6.45, 7) is 2.95. The van der Waals surface area contributed by atoms with E-state index >= 15 is 9.59 Å². The number of hydrogen-bond donors (Lipinski definition) is 24. The molecule has 39 nitrogen and oxygen atoms in total. The minimum Gasteiger partial charge on any atom is -0.508 e. The minimum absolute atomic E-state index is 0.0128. The Morgan fingerprint density at radius 3 is 1.29 bits per heavy atom. The number of carbonyl (C=O) groups is 16. The first-order valence-electron chi connectivity index (χ1n) is 35.0. The summed E-state index contributed by atoms with van der Waals surface area (Å²) in [5, 5.41) is 62.6. The molecule has 0 aliphatic heterocycles. The van der Waals surface area contributed by atoms with E-state index in [2.05, 4.69) is 91.7 Å². The summed E-state index contributed by atoms with van der Waals surface area (Å²) >= 11 is 4.36. The van der Waals surface area contributed by atoms with E-state index in [1.807, 2.05) is 0 Å². The molecule has 2 heterocycles. The zero-order valence-corrected chi connectivity index (χ0v) is 61.6. The Bertz CT molecular complexity index is 4130. The number of aliphatic hydroxyl groups excluding tert-OH is 1. The number of thiol groups is 1. The van der Waals surface area contributed by atoms with Gasteiger partial charge in [0.2, 0.25) is 94.5 Å². The topological polar surface area (TPSA) is 655 Å². The zero-order chi connectivity index (χ0) is 81.3. The number of nitrogens with one attached hydrogen (secondary N) is 16. The monoisotopic (exact) mass is 1550 g/mol. The number of unbranched alkanes of at least 4 members (excludes halogenated alkanes) is 1. The number of aromatic hydroxyl groups is 1. The summed E-state index contributed by atoms with van der Waals surface area (Å²) in [6.07, 6.45) is -2.09. The highest BCUT2D eigenvalue weighted by Crippen LogP contribution is 2.22. The molecule has 0 saturated heterocycles. The van der Waals surface area contributed by atoms with Gasteiger partial charge >= 0.3 is 0 Å². The van der Waals surface area contributed by atoms with E-state index in [-0.39, 0.29) is 89.0 Å². The zero-order valence-electron chi connectivity index (χ0n) is 60.7. The SMILES string of the molecule is CC(=O)NCCCC[C@H](NC(=O)[C@H](CCCNC(=N)N)NC(=O)[C@H](Cc1c[nH]c2ccccc12)NC(=O)[C@H](Cc1ccc(O)cc1)NC(=O)[C@H](CS)NC(=O)[C@H](CCC(N)=O)NC(=O)[C@H](Cc1c[nH]c2ccccc12)NC(=O)[C@@H](NC(=O)[C@H](CCC(N)=O)NC(C)=O)[C@@H](C)O)C(=O)N[C@@H](CC(N)=O)C(=O)NCC(N)=O. The van der Waals surface area contributed by atoms with Crippen LogP contribution in [0.2, 0.25) is 0 Å². The molecule has 3 aromatic carbocycles. The molecule has 5 rings (SSSR count). The van der Waals surface area contributed by atoms with E-state index < -0.39 is 193 Å². The van der Waals surface area contributed by atoms with Crippen molar-refractivity contribution in [3.8, 4) is 5.75 Å². The van der Waals surface area contributed by atoms with Crippen molar-refractivity contribution in [2.24, 2.45) is 28.7 Å². The number of hydrogen-bond acceptors (Lipinski definition) is 20. The van der Waals surface area contributed by atoms with Gasteiger partial charge in [0.15, 0.2) is 5.96 Å². The summed E-state index contributed by atoms with van der Waals surface area (Å²) in [5.74, 6) is -16.5. The lowest BCUT2D eigenvalue weighted by atomic mass is 10.0. The number of aromatic amines is 2. The van der Waals surface area contributed by atoms with E-state index in [9.17, 15) is 77.3 Å². The summed E-state index contributed by atoms with van der Waals surface area (Å²) in [7, 11) is 0. The van der Waals surface area contributed by atoms with Crippen LogP contribution in [0.4, 0.5) is 0 Å². The number of aromatic nitrogens is 2. The van der Waals surface area contributed by atoms with E-state index in [4.69, 9.17) is 34.1 Å². The van der Waals surface area contributed by atoms with Gasteiger partial charge in [0.25, 0.3) is 0 Å². The van der Waals surface area contributed by atoms with Crippen molar-refractivity contribution in [1.29, 1.82) is 5.41 Å². The van der Waals surface area contributed by atoms with Crippen LogP contribution in [0.25, 0.3) is 21.8 Å². The molecule has 0 spiro atoms. The predicted octanol–water partition coefficient (Wildman–Crippen LogP) is -5.86. The molecule has 0 fully saturated rings. The molecule has 0 bridgehead atoms. The Kier molecular flexibility index (Phi) is 35.4. The average Bonchev–Trinajstić information content (AvgIpc) is 1.57. The second-order valence-corrected chi connectivity index (χ2v) is 26.3. The molecular formula is C70H97N21O18S. The number of para-hydroxylation sites is 2. The molecule has 0 saturated carbocycles. The maximum absolute atomic E-state index is 15.2. The number of H-pyrrole nitrogens is 2. The van der Waals surface area contributed by atoms with Gasteiger partial charge in [-0.05, 0) is 92.8 Å². The Labute approximate surface area is 636 Å². The number of benzene rings is 3. The van der Waals surface area contributed by atoms with Crippen LogP contribution < -0.4 is 97.8 Å². The number of aliphatic hydroxyl groups is 1. The minimum atomic E-state index is -1.83. The molecule has 11 atom stereocenters. The summed E-state index contributed by atoms with van der Waals surface area (Å²) in [6, 6.07) is 2.67. The highest BCUT2D eigenvalue weighted by atomic mass is 32.1. The first-order chi connectivity index (χ1) is 52.1. The van der Waals surface area contributed by atoms with E-state index in [0.717, 1.165) is 13.8 Å². The lowest BCUT2D eigenvalue weighted by Gasteiger charge is -2.28. The van der Waals surface area contributed by atoms with Gasteiger partial charge in [-0.2, -0.15) is 12.6 Å². The largest absolute Gasteiger partial charge is 0.508 e. The number of fused-ring (bicyclic) bond motifs is 2. The number of guanidine groups is 1. The fourth-order valence-corrected chi connectivity index (χ4v) is 11.7. The van der Waals surface area contributed by atoms with E-state index in [0.29, 0.717) is 38.5 Å². The van der Waals surface area contributed by atoms with Crippen molar-refractivity contribution in [3.05, 3.63) is 102 Å². The number of carbonyl (C=O) groups excluding carboxylic acids is 16. The van der Waals surface area contributed by atoms with Gasteiger partial charge in [-0.1, -0.05) is 48.5 Å². The fraction of sp³-hybridized carbons (Fsp3) is 0.443. The van der Waals surface area contributed by atoms with Crippen molar-refractivity contribution in [1.82, 2.24) is 79.1 Å². The molecule has 28 N–H and O–H groups in total. The highest BCUT2D eigenvalue weighted by Gasteiger charge is 2.38. The summed E-state index contributed by atoms with van der Waals surface area (Å²) in [4.78, 5) is 222. The van der Waals surface area contributed by atoms with Crippen molar-refractivity contribution in [2.75, 3.05) is 25.4 Å². The van der Waals surface area contributed by atoms with Crippen LogP contribution in [0.3, 0.4) is 0 Å². The highest BCUT2D eigenvalue weighted by molar-refractivity contribution is 7.80. The number of nitrogens with two attached hydrogens (primary N) is 5. The molecule has 0 unspecified atom stereocenters. The molecule has 40 heteroatoms. The fourth-order valence-electron chi connectivity index (χ4n) is 11.4. The average molecular weight is 1550 g/mol. The lowest BCUT2D eigenvalue weighted by molar-refractivity contribution is -0.137. The lowest BCUT2D eigenvalue weighted by Crippen LogP contribution is -2.62. The molecule has 110 heavy (non-hydrogen) atoms. The normalized spacial score (nSPS) is 14.0. The first-order valence-corrected chi connectivity index (χ1v) is 35.7. The van der Waals surface area contributed by atoms with Gasteiger partial charge in [0.05, 0.1) is 19.1 Å². The van der Waals surface area contributed by atoms with Crippen LogP contribution in [-0.2, 0) is 96.0 Å². The van der Waals surface area contributed by atoms with Gasteiger partial charge in [0, 0.05) is 99.0 Å². The number of phenolic OH excluding ortho intramolecular Hbond substituents is 1. The third-order valence-electron chi connectivity index (χ3n) is 17.1. The van der Waals surface area contributed by atoms with Crippen molar-refractivity contribution in [3.63, 3.8) is 0 Å². The first kappa shape index (κ1) is 88.3. The van der Waals surface area contributed by atoms with Gasteiger partial charge in [-0.25, -0.2) is 0 Å². The Balaban J connectivity index is 1.50. The smallest absolute Gasteiger partial charge is 0.245 e. The van der Waals surface area contributed by atoms with Crippen LogP contribution in [0.15, 0.2) is 85.2 Å². The van der Waals surface area contributed by atoms with E-state index in [1.54, 1.807) is 60.9 Å². The number of amides is 16. The second-order valence-electron chi connectivity index (χ2n) is 26.0. The number of rotatable bonds is 47. The molecular weight excluding hydrogens is 1450 g/mol. The standard InChI is InChI=1S/C70H97N21O18S/c1-35(92)59(91-64(104)48(82-37(3)94)21-23-55(71)96)69(109)89-52(29-40-32-80-45-14-7-5-12-43(40)45)67(107)85-49(22-24-56(72)97)63(103)90-54(34-110)68(108)86-50(27-38-17-19-41(95)20-18-38)65(105)87-51(28-39-31-79-44-13-6-4-11-42(39)44)66(106)84-47(16-10-26-78-70(75)76)61(101)83-46(15-8-9-25-77-36(2)93)62(102)88-53(30-57(73)98)60(100)81-33-58(74)99/h4-7,11-14,17-20,31-32,35,46-54,59,79-80,92,95,110H,8-10,15-16,21-30,33-34H2,1-3H3,(H2,71,96)(H2,72,97)(H2,73,98)(H2,74,99)(H,77,93)(H,81,100)(H,82,94)(H,83,101)(H,84,106)(H,85,107)(H,86,108)(H,87,105)(H,88,102)(H,89,109)(H,90,103)(H,91,104)(H4,75,76,78)/t35-,46+,47+,48+,49+,50+,51+,52+,53+,54+,59+/m1/s1. The van der Waals surface area contributed by atoms with Gasteiger partial charge in [-0.15, -0.1) is 0 Å².